The van der Waals surface area contributed by atoms with Crippen LogP contribution in [0.25, 0.3) is 0 Å². The molecule has 42 heavy (non-hydrogen) atoms. The number of esters is 1. The predicted octanol–water partition coefficient (Wildman–Crippen LogP) is -4.38. The maximum Gasteiger partial charge on any atom is 0.305 e. The van der Waals surface area contributed by atoms with Crippen LogP contribution >= 0.6 is 0 Å². The summed E-state index contributed by atoms with van der Waals surface area (Å²) in [6, 6.07) is -2.96. The van der Waals surface area contributed by atoms with Gasteiger partial charge in [-0.1, -0.05) is 32.6 Å². The maximum atomic E-state index is 12.2. The zero-order valence-corrected chi connectivity index (χ0v) is 24.0. The Balaban J connectivity index is 1.62. The minimum absolute atomic E-state index is 0.0670. The molecule has 1 unspecified atom stereocenters. The van der Waals surface area contributed by atoms with Gasteiger partial charge in [0, 0.05) is 25.0 Å². The molecule has 3 fully saturated rings. The van der Waals surface area contributed by atoms with Crippen molar-refractivity contribution in [1.29, 1.82) is 0 Å². The number of rotatable bonds is 13. The molecular formula is C26H50N4O12. The number of carbonyl (C=O) groups is 1. The van der Waals surface area contributed by atoms with Gasteiger partial charge in [-0.25, -0.2) is 0 Å². The summed E-state index contributed by atoms with van der Waals surface area (Å²) in [6.07, 6.45) is -11.8. The van der Waals surface area contributed by atoms with Crippen molar-refractivity contribution in [2.75, 3.05) is 13.2 Å². The van der Waals surface area contributed by atoms with Crippen LogP contribution in [0.3, 0.4) is 0 Å². The number of ether oxygens (including phenoxy) is 5. The molecule has 0 bridgehead atoms. The molecule has 16 heteroatoms. The van der Waals surface area contributed by atoms with Gasteiger partial charge in [0.05, 0.1) is 6.04 Å². The van der Waals surface area contributed by atoms with Crippen molar-refractivity contribution in [1.82, 2.24) is 0 Å². The van der Waals surface area contributed by atoms with Crippen LogP contribution in [0.4, 0.5) is 0 Å². The van der Waals surface area contributed by atoms with Crippen LogP contribution in [0.2, 0.25) is 0 Å². The second-order valence-corrected chi connectivity index (χ2v) is 11.5. The van der Waals surface area contributed by atoms with E-state index in [-0.39, 0.29) is 26.0 Å². The molecule has 2 aliphatic heterocycles. The molecule has 0 radical (unpaired) electrons. The van der Waals surface area contributed by atoms with Gasteiger partial charge in [0.1, 0.15) is 67.6 Å². The molecule has 16 nitrogen and oxygen atoms in total. The first-order valence-corrected chi connectivity index (χ1v) is 14.7. The van der Waals surface area contributed by atoms with E-state index < -0.39 is 97.7 Å². The largest absolute Gasteiger partial charge is 0.463 e. The zero-order chi connectivity index (χ0) is 31.1. The van der Waals surface area contributed by atoms with Crippen molar-refractivity contribution in [3.05, 3.63) is 0 Å². The van der Waals surface area contributed by atoms with Crippen LogP contribution in [-0.2, 0) is 28.5 Å². The molecule has 1 aliphatic carbocycles. The van der Waals surface area contributed by atoms with Crippen LogP contribution < -0.4 is 22.9 Å². The summed E-state index contributed by atoms with van der Waals surface area (Å²) in [6.45, 7) is 1.58. The van der Waals surface area contributed by atoms with Gasteiger partial charge >= 0.3 is 5.97 Å². The summed E-state index contributed by atoms with van der Waals surface area (Å²) in [5.74, 6) is -0.459. The highest BCUT2D eigenvalue weighted by Crippen LogP contribution is 2.31. The van der Waals surface area contributed by atoms with Crippen LogP contribution in [-0.4, -0.2) is 142 Å². The zero-order valence-electron chi connectivity index (χ0n) is 24.0. The van der Waals surface area contributed by atoms with E-state index in [1.54, 1.807) is 0 Å². The molecule has 0 amide bonds. The molecule has 15 atom stereocenters. The smallest absolute Gasteiger partial charge is 0.305 e. The summed E-state index contributed by atoms with van der Waals surface area (Å²) in [4.78, 5) is 12.2. The Morgan fingerprint density at radius 2 is 1.31 bits per heavy atom. The lowest BCUT2D eigenvalue weighted by molar-refractivity contribution is -0.332. The maximum absolute atomic E-state index is 12.2. The second kappa shape index (κ2) is 16.3. The molecule has 0 aromatic rings. The third kappa shape index (κ3) is 8.54. The molecule has 2 heterocycles. The van der Waals surface area contributed by atoms with Gasteiger partial charge < -0.3 is 77.3 Å². The average molecular weight is 611 g/mol. The minimum Gasteiger partial charge on any atom is -0.463 e. The van der Waals surface area contributed by atoms with E-state index in [2.05, 4.69) is 6.92 Å². The first-order valence-electron chi connectivity index (χ1n) is 14.7. The normalized spacial score (nSPS) is 44.6. The Hall–Kier alpha value is -1.09. The van der Waals surface area contributed by atoms with E-state index >= 15 is 0 Å². The average Bonchev–Trinajstić information content (AvgIpc) is 2.96. The van der Waals surface area contributed by atoms with Gasteiger partial charge in [0.2, 0.25) is 0 Å². The molecule has 0 aromatic heterocycles. The molecule has 14 N–H and O–H groups in total. The minimum atomic E-state index is -1.68. The molecule has 3 aliphatic rings. The van der Waals surface area contributed by atoms with Crippen LogP contribution in [0.1, 0.15) is 51.9 Å². The number of aliphatic hydroxyl groups excluding tert-OH is 6. The SMILES string of the molecule is CCCCCCCC(=O)OC[C@H]1OC(O[C@@H]2[C@@H](O)[C@H](O[C@H]3O[C@H](CN)[C@@H](O)[C@H](O)[C@H]3O)[C@@H](N)C[C@H]2N)[C@H](O)[C@@H](N)[C@@H]1O. The third-order valence-corrected chi connectivity index (χ3v) is 8.20. The van der Waals surface area contributed by atoms with Gasteiger partial charge in [0.25, 0.3) is 0 Å². The Morgan fingerprint density at radius 1 is 0.738 bits per heavy atom. The van der Waals surface area contributed by atoms with E-state index in [0.717, 1.165) is 25.7 Å². The highest BCUT2D eigenvalue weighted by Gasteiger charge is 2.51. The van der Waals surface area contributed by atoms with E-state index in [4.69, 9.17) is 46.6 Å². The summed E-state index contributed by atoms with van der Waals surface area (Å²) in [7, 11) is 0. The van der Waals surface area contributed by atoms with Gasteiger partial charge in [-0.3, -0.25) is 4.79 Å². The van der Waals surface area contributed by atoms with Gasteiger partial charge in [0.15, 0.2) is 12.6 Å². The Kier molecular flexibility index (Phi) is 13.7. The van der Waals surface area contributed by atoms with Crippen molar-refractivity contribution in [3.63, 3.8) is 0 Å². The number of nitrogens with two attached hydrogens (primary N) is 4. The van der Waals surface area contributed by atoms with E-state index in [0.29, 0.717) is 6.42 Å². The first kappa shape index (κ1) is 35.4. The fourth-order valence-electron chi connectivity index (χ4n) is 5.51. The highest BCUT2D eigenvalue weighted by molar-refractivity contribution is 5.69. The van der Waals surface area contributed by atoms with Crippen molar-refractivity contribution in [2.24, 2.45) is 22.9 Å². The highest BCUT2D eigenvalue weighted by atomic mass is 16.7. The number of hydrogen-bond acceptors (Lipinski definition) is 16. The van der Waals surface area contributed by atoms with Crippen molar-refractivity contribution in [2.45, 2.75) is 144 Å². The van der Waals surface area contributed by atoms with Crippen LogP contribution in [0.5, 0.6) is 0 Å². The summed E-state index contributed by atoms with van der Waals surface area (Å²) in [5, 5.41) is 63.0. The van der Waals surface area contributed by atoms with E-state index in [1.165, 1.54) is 0 Å². The molecule has 0 aromatic carbocycles. The molecule has 246 valence electrons. The topological polar surface area (TPSA) is 289 Å². The fourth-order valence-corrected chi connectivity index (χ4v) is 5.51. The lowest BCUT2D eigenvalue weighted by atomic mass is 9.84. The summed E-state index contributed by atoms with van der Waals surface area (Å²) in [5.41, 5.74) is 24.0. The summed E-state index contributed by atoms with van der Waals surface area (Å²) >= 11 is 0. The van der Waals surface area contributed by atoms with Crippen molar-refractivity contribution < 1.29 is 59.1 Å². The second-order valence-electron chi connectivity index (χ2n) is 11.5. The molecule has 0 spiro atoms. The predicted molar refractivity (Wildman–Crippen MR) is 145 cm³/mol. The molecule has 1 saturated carbocycles. The quantitative estimate of drug-likeness (QED) is 0.0696. The van der Waals surface area contributed by atoms with Crippen LogP contribution in [0.15, 0.2) is 0 Å². The standard InChI is InChI=1S/C26H50N4O12/c1-2-3-4-5-6-7-15(31)38-10-14-17(32)16(30)19(34)25(40-14)41-23-11(28)8-12(29)24(22(23)37)42-26-21(36)20(35)18(33)13(9-27)39-26/h11-14,16-26,32-37H,2-10,27-30H2,1H3/t11-,12+,13-,14-,16+,17-,18-,19-,20+,21-,22-,23+,24-,25?,26-/m1/s1. The first-order chi connectivity index (χ1) is 19.9. The number of carbonyl (C=O) groups excluding carboxylic acids is 1. The number of hydrogen-bond donors (Lipinski definition) is 10. The molecular weight excluding hydrogens is 560 g/mol. The van der Waals surface area contributed by atoms with Crippen molar-refractivity contribution in [3.8, 4) is 0 Å². The Labute approximate surface area is 245 Å². The van der Waals surface area contributed by atoms with Gasteiger partial charge in [-0.15, -0.1) is 0 Å². The summed E-state index contributed by atoms with van der Waals surface area (Å²) < 4.78 is 28.1. The third-order valence-electron chi connectivity index (χ3n) is 8.20. The number of aliphatic hydroxyl groups is 6. The number of unbranched alkanes of at least 4 members (excludes halogenated alkanes) is 4. The monoisotopic (exact) mass is 610 g/mol. The lowest BCUT2D eigenvalue weighted by Gasteiger charge is -2.48. The Morgan fingerprint density at radius 3 is 1.90 bits per heavy atom. The van der Waals surface area contributed by atoms with Crippen LogP contribution in [0, 0.1) is 0 Å². The van der Waals surface area contributed by atoms with E-state index in [9.17, 15) is 35.4 Å². The fraction of sp³-hybridized carbons (Fsp3) is 0.962. The van der Waals surface area contributed by atoms with Crippen molar-refractivity contribution >= 4 is 5.97 Å². The Bertz CT molecular complexity index is 830. The van der Waals surface area contributed by atoms with Gasteiger partial charge in [-0.05, 0) is 12.8 Å². The molecule has 2 saturated heterocycles. The van der Waals surface area contributed by atoms with E-state index in [1.807, 2.05) is 0 Å². The lowest BCUT2D eigenvalue weighted by Crippen LogP contribution is -2.68. The molecule has 3 rings (SSSR count). The van der Waals surface area contributed by atoms with Gasteiger partial charge in [-0.2, -0.15) is 0 Å².